The van der Waals surface area contributed by atoms with Gasteiger partial charge in [0.2, 0.25) is 0 Å². The molecule has 0 rings (SSSR count). The van der Waals surface area contributed by atoms with Crippen molar-refractivity contribution < 1.29 is 38.2 Å². The first-order valence-electron chi connectivity index (χ1n) is 15.2. The van der Waals surface area contributed by atoms with Gasteiger partial charge in [0.05, 0.1) is 40.3 Å². The van der Waals surface area contributed by atoms with Crippen LogP contribution in [0.15, 0.2) is 48.6 Å². The Bertz CT molecular complexity index is 824. The fourth-order valence-corrected chi connectivity index (χ4v) is 3.80. The molecule has 0 aliphatic heterocycles. The number of carboxylic acids is 1. The van der Waals surface area contributed by atoms with Gasteiger partial charge in [0.1, 0.15) is 12.6 Å². The number of rotatable bonds is 25. The zero-order valence-corrected chi connectivity index (χ0v) is 26.2. The molecule has 41 heavy (non-hydrogen) atoms. The molecular formula is C33H55NO7. The molecule has 0 saturated carbocycles. The van der Waals surface area contributed by atoms with Gasteiger partial charge >= 0.3 is 11.9 Å². The SMILES string of the molecule is CC/C=C\C/C=C\C/C=C\C/C=C\CCCCC(=O)OC(COCCC(C(=O)[O-])[N+](C)(C)C)COC(=O)CCCC. The number of aliphatic carboxylic acids is 1. The minimum Gasteiger partial charge on any atom is -0.544 e. The summed E-state index contributed by atoms with van der Waals surface area (Å²) in [5.41, 5.74) is 0. The van der Waals surface area contributed by atoms with E-state index in [1.807, 2.05) is 6.92 Å². The Hall–Kier alpha value is -2.71. The van der Waals surface area contributed by atoms with Crippen molar-refractivity contribution in [1.29, 1.82) is 0 Å². The van der Waals surface area contributed by atoms with Crippen LogP contribution in [0.2, 0.25) is 0 Å². The molecule has 0 aromatic rings. The van der Waals surface area contributed by atoms with Crippen LogP contribution in [0.5, 0.6) is 0 Å². The van der Waals surface area contributed by atoms with Gasteiger partial charge in [0.25, 0.3) is 0 Å². The second kappa shape index (κ2) is 25.0. The fourth-order valence-electron chi connectivity index (χ4n) is 3.80. The lowest BCUT2D eigenvalue weighted by atomic mass is 10.1. The van der Waals surface area contributed by atoms with Crippen molar-refractivity contribution >= 4 is 17.9 Å². The topological polar surface area (TPSA) is 102 Å². The number of hydrogen-bond acceptors (Lipinski definition) is 7. The number of carbonyl (C=O) groups excluding carboxylic acids is 3. The van der Waals surface area contributed by atoms with E-state index in [9.17, 15) is 19.5 Å². The van der Waals surface area contributed by atoms with Gasteiger partial charge in [-0.2, -0.15) is 0 Å². The Kier molecular flexibility index (Phi) is 23.4. The van der Waals surface area contributed by atoms with Crippen molar-refractivity contribution in [3.63, 3.8) is 0 Å². The lowest BCUT2D eigenvalue weighted by molar-refractivity contribution is -0.889. The Labute approximate surface area is 248 Å². The second-order valence-electron chi connectivity index (χ2n) is 11.0. The number of nitrogens with zero attached hydrogens (tertiary/aromatic N) is 1. The van der Waals surface area contributed by atoms with Crippen molar-refractivity contribution in [3.8, 4) is 0 Å². The van der Waals surface area contributed by atoms with Crippen LogP contribution in [-0.4, -0.2) is 75.5 Å². The lowest BCUT2D eigenvalue weighted by Crippen LogP contribution is -2.55. The van der Waals surface area contributed by atoms with Crippen LogP contribution in [0.25, 0.3) is 0 Å². The normalized spacial score (nSPS) is 13.9. The van der Waals surface area contributed by atoms with E-state index in [0.717, 1.165) is 51.4 Å². The Morgan fingerprint density at radius 3 is 1.90 bits per heavy atom. The molecule has 0 heterocycles. The van der Waals surface area contributed by atoms with Gasteiger partial charge in [-0.05, 0) is 51.4 Å². The number of unbranched alkanes of at least 4 members (excludes halogenated alkanes) is 3. The highest BCUT2D eigenvalue weighted by molar-refractivity contribution is 5.70. The Balaban J connectivity index is 4.41. The first-order valence-corrected chi connectivity index (χ1v) is 15.2. The van der Waals surface area contributed by atoms with E-state index in [1.165, 1.54) is 0 Å². The molecule has 8 heteroatoms. The van der Waals surface area contributed by atoms with Crippen LogP contribution in [0.3, 0.4) is 0 Å². The van der Waals surface area contributed by atoms with Crippen molar-refractivity contribution in [2.45, 2.75) is 103 Å². The number of ether oxygens (including phenoxy) is 3. The number of carbonyl (C=O) groups is 3. The van der Waals surface area contributed by atoms with E-state index in [1.54, 1.807) is 21.1 Å². The molecule has 2 unspecified atom stereocenters. The highest BCUT2D eigenvalue weighted by Crippen LogP contribution is 2.10. The maximum atomic E-state index is 12.4. The number of hydrogen-bond donors (Lipinski definition) is 0. The van der Waals surface area contributed by atoms with E-state index in [2.05, 4.69) is 55.5 Å². The first-order chi connectivity index (χ1) is 19.6. The van der Waals surface area contributed by atoms with E-state index in [0.29, 0.717) is 12.8 Å². The third kappa shape index (κ3) is 23.7. The summed E-state index contributed by atoms with van der Waals surface area (Å²) in [6, 6.07) is -0.729. The average molecular weight is 578 g/mol. The molecule has 0 aliphatic carbocycles. The maximum Gasteiger partial charge on any atom is 0.306 e. The summed E-state index contributed by atoms with van der Waals surface area (Å²) < 4.78 is 16.7. The third-order valence-corrected chi connectivity index (χ3v) is 6.23. The summed E-state index contributed by atoms with van der Waals surface area (Å²) in [6.07, 6.45) is 25.3. The van der Waals surface area contributed by atoms with Crippen molar-refractivity contribution in [2.24, 2.45) is 0 Å². The Morgan fingerprint density at radius 1 is 0.756 bits per heavy atom. The molecule has 0 aromatic heterocycles. The molecule has 0 aromatic carbocycles. The van der Waals surface area contributed by atoms with Crippen molar-refractivity contribution in [1.82, 2.24) is 0 Å². The molecule has 8 nitrogen and oxygen atoms in total. The molecule has 0 saturated heterocycles. The lowest BCUT2D eigenvalue weighted by Gasteiger charge is -2.34. The quantitative estimate of drug-likeness (QED) is 0.0634. The molecule has 0 fully saturated rings. The van der Waals surface area contributed by atoms with Crippen LogP contribution < -0.4 is 5.11 Å². The number of carboxylic acid groups (broad SMARTS) is 1. The van der Waals surface area contributed by atoms with Gasteiger partial charge < -0.3 is 28.6 Å². The van der Waals surface area contributed by atoms with Crippen LogP contribution >= 0.6 is 0 Å². The van der Waals surface area contributed by atoms with Gasteiger partial charge in [0, 0.05) is 19.3 Å². The predicted molar refractivity (Wildman–Crippen MR) is 162 cm³/mol. The molecule has 0 N–H and O–H groups in total. The van der Waals surface area contributed by atoms with Crippen LogP contribution in [0, 0.1) is 0 Å². The number of likely N-dealkylation sites (N-methyl/N-ethyl adjacent to an activating group) is 1. The highest BCUT2D eigenvalue weighted by atomic mass is 16.6. The highest BCUT2D eigenvalue weighted by Gasteiger charge is 2.25. The van der Waals surface area contributed by atoms with Crippen LogP contribution in [0.4, 0.5) is 0 Å². The summed E-state index contributed by atoms with van der Waals surface area (Å²) in [4.78, 5) is 35.8. The number of allylic oxidation sites excluding steroid dienone is 8. The Morgan fingerprint density at radius 2 is 1.34 bits per heavy atom. The summed E-state index contributed by atoms with van der Waals surface area (Å²) in [6.45, 7) is 4.21. The fraction of sp³-hybridized carbons (Fsp3) is 0.667. The molecule has 0 radical (unpaired) electrons. The number of quaternary nitrogens is 1. The maximum absolute atomic E-state index is 12.4. The van der Waals surface area contributed by atoms with Crippen LogP contribution in [-0.2, 0) is 28.6 Å². The third-order valence-electron chi connectivity index (χ3n) is 6.23. The van der Waals surface area contributed by atoms with Gasteiger partial charge in [-0.3, -0.25) is 9.59 Å². The molecule has 2 atom stereocenters. The summed E-state index contributed by atoms with van der Waals surface area (Å²) in [5, 5.41) is 11.4. The second-order valence-corrected chi connectivity index (χ2v) is 11.0. The molecule has 0 amide bonds. The van der Waals surface area contributed by atoms with Crippen LogP contribution in [0.1, 0.15) is 90.9 Å². The van der Waals surface area contributed by atoms with E-state index in [4.69, 9.17) is 14.2 Å². The molecule has 0 aliphatic rings. The first kappa shape index (κ1) is 38.3. The van der Waals surface area contributed by atoms with Gasteiger partial charge in [-0.1, -0.05) is 68.9 Å². The smallest absolute Gasteiger partial charge is 0.306 e. The predicted octanol–water partition coefficient (Wildman–Crippen LogP) is 5.23. The van der Waals surface area contributed by atoms with Gasteiger partial charge in [-0.15, -0.1) is 0 Å². The summed E-state index contributed by atoms with van der Waals surface area (Å²) in [5.74, 6) is -1.85. The molecular weight excluding hydrogens is 522 g/mol. The minimum absolute atomic E-state index is 0.0195. The van der Waals surface area contributed by atoms with E-state index >= 15 is 0 Å². The van der Waals surface area contributed by atoms with Crippen molar-refractivity contribution in [2.75, 3.05) is 41.0 Å². The average Bonchev–Trinajstić information content (AvgIpc) is 2.91. The van der Waals surface area contributed by atoms with Gasteiger partial charge in [-0.25, -0.2) is 0 Å². The standard InChI is InChI=1S/C33H55NO7/c1-6-8-10-11-12-13-14-15-16-17-18-19-20-21-22-24-32(36)41-29(28-40-31(35)23-9-7-2)27-39-26-25-30(33(37)38)34(3,4)5/h8,10,12-13,15-16,18-19,29-30H,6-7,9,11,14,17,20-28H2,1-5H3/b10-8-,13-12-,16-15-,19-18-. The summed E-state index contributed by atoms with van der Waals surface area (Å²) >= 11 is 0. The molecule has 0 spiro atoms. The van der Waals surface area contributed by atoms with Crippen molar-refractivity contribution in [3.05, 3.63) is 48.6 Å². The minimum atomic E-state index is -1.14. The molecule has 234 valence electrons. The zero-order valence-electron chi connectivity index (χ0n) is 26.2. The molecule has 0 bridgehead atoms. The monoisotopic (exact) mass is 577 g/mol. The van der Waals surface area contributed by atoms with E-state index < -0.39 is 18.1 Å². The zero-order chi connectivity index (χ0) is 30.8. The van der Waals surface area contributed by atoms with E-state index in [-0.39, 0.29) is 49.1 Å². The van der Waals surface area contributed by atoms with Gasteiger partial charge in [0.15, 0.2) is 6.10 Å². The summed E-state index contributed by atoms with van der Waals surface area (Å²) in [7, 11) is 5.34. The largest absolute Gasteiger partial charge is 0.544 e. The number of esters is 2.